The highest BCUT2D eigenvalue weighted by atomic mass is 35.5. The lowest BCUT2D eigenvalue weighted by Gasteiger charge is -2.04. The molecule has 0 radical (unpaired) electrons. The van der Waals surface area contributed by atoms with Gasteiger partial charge in [-0.1, -0.05) is 37.0 Å². The Kier molecular flexibility index (Phi) is 3.86. The highest BCUT2D eigenvalue weighted by Gasteiger charge is 2.21. The molecule has 0 saturated carbocycles. The van der Waals surface area contributed by atoms with E-state index in [1.165, 1.54) is 6.07 Å². The molecule has 1 aromatic rings. The van der Waals surface area contributed by atoms with E-state index >= 15 is 0 Å². The minimum Gasteiger partial charge on any atom is -0.224 e. The zero-order valence-electron chi connectivity index (χ0n) is 7.75. The average molecular weight is 273 g/mol. The van der Waals surface area contributed by atoms with Crippen molar-refractivity contribution in [3.05, 3.63) is 14.7 Å². The van der Waals surface area contributed by atoms with E-state index in [0.717, 1.165) is 11.3 Å². The number of hydrogen-bond donors (Lipinski definition) is 0. The number of sulfone groups is 1. The van der Waals surface area contributed by atoms with Crippen molar-refractivity contribution < 1.29 is 8.42 Å². The largest absolute Gasteiger partial charge is 0.224 e. The van der Waals surface area contributed by atoms with Gasteiger partial charge in [0.25, 0.3) is 0 Å². The van der Waals surface area contributed by atoms with Crippen LogP contribution in [0.25, 0.3) is 0 Å². The molecule has 0 bridgehead atoms. The predicted molar refractivity (Wildman–Crippen MR) is 61.2 cm³/mol. The molecule has 1 aromatic heterocycles. The van der Waals surface area contributed by atoms with Gasteiger partial charge in [-0.25, -0.2) is 8.42 Å². The van der Waals surface area contributed by atoms with Crippen LogP contribution in [-0.2, 0) is 9.84 Å². The third-order valence-corrected chi connectivity index (χ3v) is 5.34. The molecule has 80 valence electrons. The van der Waals surface area contributed by atoms with Crippen LogP contribution in [0.2, 0.25) is 8.67 Å². The van der Waals surface area contributed by atoms with Crippen molar-refractivity contribution in [3.8, 4) is 0 Å². The zero-order chi connectivity index (χ0) is 10.9. The Labute approximate surface area is 97.8 Å². The predicted octanol–water partition coefficient (Wildman–Crippen LogP) is 3.48. The van der Waals surface area contributed by atoms with Gasteiger partial charge in [-0.05, 0) is 12.0 Å². The second-order valence-electron chi connectivity index (χ2n) is 3.36. The molecular weight excluding hydrogens is 263 g/mol. The van der Waals surface area contributed by atoms with E-state index in [1.54, 1.807) is 0 Å². The highest BCUT2D eigenvalue weighted by molar-refractivity contribution is 7.91. The van der Waals surface area contributed by atoms with Crippen LogP contribution in [-0.4, -0.2) is 14.2 Å². The fraction of sp³-hybridized carbons (Fsp3) is 0.500. The molecule has 2 nitrogen and oxygen atoms in total. The van der Waals surface area contributed by atoms with Crippen LogP contribution >= 0.6 is 34.5 Å². The van der Waals surface area contributed by atoms with Crippen molar-refractivity contribution in [2.24, 2.45) is 5.92 Å². The van der Waals surface area contributed by atoms with Crippen molar-refractivity contribution in [1.29, 1.82) is 0 Å². The van der Waals surface area contributed by atoms with Gasteiger partial charge in [-0.15, -0.1) is 11.3 Å². The molecule has 0 aliphatic carbocycles. The van der Waals surface area contributed by atoms with Gasteiger partial charge in [0, 0.05) is 0 Å². The van der Waals surface area contributed by atoms with E-state index in [0.29, 0.717) is 4.34 Å². The Morgan fingerprint density at radius 3 is 2.36 bits per heavy atom. The van der Waals surface area contributed by atoms with E-state index in [-0.39, 0.29) is 20.9 Å². The molecule has 0 aliphatic heterocycles. The summed E-state index contributed by atoms with van der Waals surface area (Å²) in [4.78, 5) is 0.155. The molecule has 0 spiro atoms. The minimum atomic E-state index is -3.28. The smallest absolute Gasteiger partial charge is 0.181 e. The first-order valence-corrected chi connectivity index (χ1v) is 7.23. The lowest BCUT2D eigenvalue weighted by Crippen LogP contribution is -2.11. The van der Waals surface area contributed by atoms with Crippen molar-refractivity contribution in [2.75, 3.05) is 5.75 Å². The minimum absolute atomic E-state index is 0.0785. The first kappa shape index (κ1) is 12.3. The molecule has 0 saturated heterocycles. The maximum atomic E-state index is 11.7. The van der Waals surface area contributed by atoms with Crippen LogP contribution in [0.1, 0.15) is 13.8 Å². The topological polar surface area (TPSA) is 34.1 Å². The first-order valence-electron chi connectivity index (χ1n) is 4.00. The second kappa shape index (κ2) is 4.39. The van der Waals surface area contributed by atoms with Gasteiger partial charge >= 0.3 is 0 Å². The summed E-state index contributed by atoms with van der Waals surface area (Å²) in [6.07, 6.45) is 0. The van der Waals surface area contributed by atoms with Gasteiger partial charge in [0.15, 0.2) is 9.84 Å². The van der Waals surface area contributed by atoms with Crippen LogP contribution in [0.5, 0.6) is 0 Å². The Morgan fingerprint density at radius 1 is 1.43 bits per heavy atom. The third-order valence-electron chi connectivity index (χ3n) is 1.51. The summed E-state index contributed by atoms with van der Waals surface area (Å²) in [7, 11) is -3.28. The molecule has 0 N–H and O–H groups in total. The number of thiophene rings is 1. The Balaban J connectivity index is 3.10. The molecule has 1 rings (SSSR count). The lowest BCUT2D eigenvalue weighted by molar-refractivity contribution is 0.583. The molecule has 6 heteroatoms. The molecule has 14 heavy (non-hydrogen) atoms. The summed E-state index contributed by atoms with van der Waals surface area (Å²) >= 11 is 12.5. The number of rotatable bonds is 3. The van der Waals surface area contributed by atoms with Crippen LogP contribution in [0, 0.1) is 5.92 Å². The van der Waals surface area contributed by atoms with Crippen LogP contribution < -0.4 is 0 Å². The van der Waals surface area contributed by atoms with Crippen molar-refractivity contribution in [3.63, 3.8) is 0 Å². The third kappa shape index (κ3) is 2.86. The SMILES string of the molecule is CC(C)CS(=O)(=O)c1cc(Cl)sc1Cl. The number of hydrogen-bond acceptors (Lipinski definition) is 3. The molecule has 0 atom stereocenters. The summed E-state index contributed by atoms with van der Waals surface area (Å²) in [5.74, 6) is 0.175. The van der Waals surface area contributed by atoms with Gasteiger partial charge in [0.05, 0.1) is 15.0 Å². The molecule has 0 aliphatic rings. The molecule has 1 heterocycles. The molecule has 0 aromatic carbocycles. The van der Waals surface area contributed by atoms with E-state index < -0.39 is 9.84 Å². The molecule has 0 fully saturated rings. The average Bonchev–Trinajstić information content (AvgIpc) is 2.27. The Bertz CT molecular complexity index is 421. The van der Waals surface area contributed by atoms with Gasteiger partial charge in [0.2, 0.25) is 0 Å². The molecular formula is C8H10Cl2O2S2. The summed E-state index contributed by atoms with van der Waals surface area (Å²) in [5, 5.41) is 0. The summed E-state index contributed by atoms with van der Waals surface area (Å²) in [6.45, 7) is 3.69. The highest BCUT2D eigenvalue weighted by Crippen LogP contribution is 2.35. The maximum Gasteiger partial charge on any atom is 0.181 e. The van der Waals surface area contributed by atoms with Gasteiger partial charge < -0.3 is 0 Å². The second-order valence-corrected chi connectivity index (χ2v) is 7.65. The Morgan fingerprint density at radius 2 is 2.00 bits per heavy atom. The van der Waals surface area contributed by atoms with Crippen molar-refractivity contribution in [1.82, 2.24) is 0 Å². The van der Waals surface area contributed by atoms with Crippen LogP contribution in [0.4, 0.5) is 0 Å². The van der Waals surface area contributed by atoms with Crippen molar-refractivity contribution in [2.45, 2.75) is 18.7 Å². The lowest BCUT2D eigenvalue weighted by atomic mass is 10.3. The van der Waals surface area contributed by atoms with Gasteiger partial charge in [0.1, 0.15) is 4.34 Å². The van der Waals surface area contributed by atoms with Crippen LogP contribution in [0.3, 0.4) is 0 Å². The van der Waals surface area contributed by atoms with Gasteiger partial charge in [-0.2, -0.15) is 0 Å². The summed E-state index contributed by atoms with van der Waals surface area (Å²) in [6, 6.07) is 1.41. The summed E-state index contributed by atoms with van der Waals surface area (Å²) < 4.78 is 24.1. The Hall–Kier alpha value is 0.230. The fourth-order valence-electron chi connectivity index (χ4n) is 1.07. The van der Waals surface area contributed by atoms with Gasteiger partial charge in [-0.3, -0.25) is 0 Å². The molecule has 0 amide bonds. The van der Waals surface area contributed by atoms with E-state index in [9.17, 15) is 8.42 Å². The fourth-order valence-corrected chi connectivity index (χ4v) is 4.93. The monoisotopic (exact) mass is 272 g/mol. The van der Waals surface area contributed by atoms with Crippen LogP contribution in [0.15, 0.2) is 11.0 Å². The normalized spacial score (nSPS) is 12.4. The van der Waals surface area contributed by atoms with Crippen molar-refractivity contribution >= 4 is 44.4 Å². The number of halogens is 2. The summed E-state index contributed by atoms with van der Waals surface area (Å²) in [5.41, 5.74) is 0. The van der Waals surface area contributed by atoms with E-state index in [1.807, 2.05) is 13.8 Å². The van der Waals surface area contributed by atoms with E-state index in [4.69, 9.17) is 23.2 Å². The maximum absolute atomic E-state index is 11.7. The molecule has 0 unspecified atom stereocenters. The standard InChI is InChI=1S/C8H10Cl2O2S2/c1-5(2)4-14(11,12)6-3-7(9)13-8(6)10/h3,5H,4H2,1-2H3. The first-order chi connectivity index (χ1) is 6.33. The quantitative estimate of drug-likeness (QED) is 0.844. The van der Waals surface area contributed by atoms with E-state index in [2.05, 4.69) is 0 Å². The zero-order valence-corrected chi connectivity index (χ0v) is 10.9.